The molecule has 0 radical (unpaired) electrons. The molecule has 0 atom stereocenters. The Hall–Kier alpha value is -3.02. The van der Waals surface area contributed by atoms with Crippen molar-refractivity contribution in [1.82, 2.24) is 15.3 Å². The molecule has 4 rings (SSSR count). The highest BCUT2D eigenvalue weighted by Gasteiger charge is 2.12. The van der Waals surface area contributed by atoms with Gasteiger partial charge < -0.3 is 19.8 Å². The van der Waals surface area contributed by atoms with Gasteiger partial charge in [-0.25, -0.2) is 4.98 Å². The SMILES string of the molecule is COc1cccc(CNCc2nc3ccccc3[nH]2)c1OCc1ccccc1Cl. The standard InChI is InChI=1S/C23H22ClN3O2/c1-28-21-12-6-8-16(23(21)29-15-17-7-2-3-9-18(17)24)13-25-14-22-26-19-10-4-5-11-20(19)27-22/h2-12,25H,13-15H2,1H3,(H,26,27). The van der Waals surface area contributed by atoms with E-state index in [0.29, 0.717) is 36.2 Å². The minimum absolute atomic E-state index is 0.372. The number of H-pyrrole nitrogens is 1. The van der Waals surface area contributed by atoms with Gasteiger partial charge in [0, 0.05) is 22.7 Å². The Morgan fingerprint density at radius 3 is 2.55 bits per heavy atom. The molecular formula is C23H22ClN3O2. The summed E-state index contributed by atoms with van der Waals surface area (Å²) in [6.45, 7) is 1.61. The van der Waals surface area contributed by atoms with E-state index in [2.05, 4.69) is 15.3 Å². The predicted octanol–water partition coefficient (Wildman–Crippen LogP) is 5.09. The zero-order valence-electron chi connectivity index (χ0n) is 16.1. The Kier molecular flexibility index (Phi) is 5.98. The monoisotopic (exact) mass is 407 g/mol. The van der Waals surface area contributed by atoms with Crippen LogP contribution >= 0.6 is 11.6 Å². The van der Waals surface area contributed by atoms with E-state index >= 15 is 0 Å². The van der Waals surface area contributed by atoms with Crippen molar-refractivity contribution >= 4 is 22.6 Å². The second kappa shape index (κ2) is 8.99. The van der Waals surface area contributed by atoms with Crippen molar-refractivity contribution in [3.63, 3.8) is 0 Å². The number of fused-ring (bicyclic) bond motifs is 1. The molecule has 0 fully saturated rings. The van der Waals surface area contributed by atoms with E-state index < -0.39 is 0 Å². The van der Waals surface area contributed by atoms with Gasteiger partial charge in [0.15, 0.2) is 11.5 Å². The highest BCUT2D eigenvalue weighted by atomic mass is 35.5. The van der Waals surface area contributed by atoms with Crippen LogP contribution in [0.4, 0.5) is 0 Å². The average molecular weight is 408 g/mol. The second-order valence-corrected chi connectivity index (χ2v) is 7.04. The first-order valence-electron chi connectivity index (χ1n) is 9.41. The van der Waals surface area contributed by atoms with Crippen LogP contribution in [0.2, 0.25) is 5.02 Å². The van der Waals surface area contributed by atoms with Gasteiger partial charge >= 0.3 is 0 Å². The van der Waals surface area contributed by atoms with Crippen LogP contribution < -0.4 is 14.8 Å². The first-order valence-corrected chi connectivity index (χ1v) is 9.79. The van der Waals surface area contributed by atoms with E-state index in [1.54, 1.807) is 7.11 Å². The van der Waals surface area contributed by atoms with Crippen molar-refractivity contribution in [1.29, 1.82) is 0 Å². The average Bonchev–Trinajstić information content (AvgIpc) is 3.16. The summed E-state index contributed by atoms with van der Waals surface area (Å²) in [6.07, 6.45) is 0. The summed E-state index contributed by atoms with van der Waals surface area (Å²) in [5, 5.41) is 4.11. The summed E-state index contributed by atoms with van der Waals surface area (Å²) in [7, 11) is 1.64. The molecule has 1 aromatic heterocycles. The first-order chi connectivity index (χ1) is 14.2. The van der Waals surface area contributed by atoms with Crippen LogP contribution in [0.5, 0.6) is 11.5 Å². The molecule has 29 heavy (non-hydrogen) atoms. The number of ether oxygens (including phenoxy) is 2. The maximum Gasteiger partial charge on any atom is 0.166 e. The number of methoxy groups -OCH3 is 1. The number of hydrogen-bond donors (Lipinski definition) is 2. The lowest BCUT2D eigenvalue weighted by Gasteiger charge is -2.16. The summed E-state index contributed by atoms with van der Waals surface area (Å²) in [6, 6.07) is 21.5. The van der Waals surface area contributed by atoms with Crippen molar-refractivity contribution in [3.05, 3.63) is 88.7 Å². The Morgan fingerprint density at radius 1 is 0.931 bits per heavy atom. The number of hydrogen-bond acceptors (Lipinski definition) is 4. The molecule has 1 heterocycles. The maximum absolute atomic E-state index is 6.25. The van der Waals surface area contributed by atoms with Gasteiger partial charge in [0.25, 0.3) is 0 Å². The van der Waals surface area contributed by atoms with Gasteiger partial charge in [-0.05, 0) is 24.3 Å². The number of aromatic nitrogens is 2. The summed E-state index contributed by atoms with van der Waals surface area (Å²) in [5.74, 6) is 2.31. The lowest BCUT2D eigenvalue weighted by Crippen LogP contribution is -2.15. The van der Waals surface area contributed by atoms with E-state index in [1.165, 1.54) is 0 Å². The minimum Gasteiger partial charge on any atom is -0.493 e. The van der Waals surface area contributed by atoms with Gasteiger partial charge in [-0.1, -0.05) is 54.1 Å². The molecule has 0 saturated heterocycles. The third kappa shape index (κ3) is 4.53. The summed E-state index contributed by atoms with van der Waals surface area (Å²) in [4.78, 5) is 7.92. The number of benzene rings is 3. The Bertz CT molecular complexity index is 1080. The highest BCUT2D eigenvalue weighted by molar-refractivity contribution is 6.31. The molecule has 0 aliphatic rings. The van der Waals surface area contributed by atoms with Gasteiger partial charge in [0.2, 0.25) is 0 Å². The van der Waals surface area contributed by atoms with Crippen molar-refractivity contribution in [3.8, 4) is 11.5 Å². The second-order valence-electron chi connectivity index (χ2n) is 6.63. The van der Waals surface area contributed by atoms with Crippen LogP contribution in [0.1, 0.15) is 17.0 Å². The van der Waals surface area contributed by atoms with E-state index in [1.807, 2.05) is 66.7 Å². The van der Waals surface area contributed by atoms with Crippen molar-refractivity contribution in [2.45, 2.75) is 19.7 Å². The zero-order chi connectivity index (χ0) is 20.1. The number of rotatable bonds is 8. The molecule has 3 aromatic carbocycles. The Labute approximate surface area is 174 Å². The van der Waals surface area contributed by atoms with Crippen LogP contribution in [0.3, 0.4) is 0 Å². The molecule has 148 valence electrons. The lowest BCUT2D eigenvalue weighted by atomic mass is 10.1. The smallest absolute Gasteiger partial charge is 0.166 e. The fourth-order valence-corrected chi connectivity index (χ4v) is 3.39. The molecule has 0 spiro atoms. The van der Waals surface area contributed by atoms with E-state index in [-0.39, 0.29) is 0 Å². The van der Waals surface area contributed by atoms with Crippen molar-refractivity contribution < 1.29 is 9.47 Å². The number of halogens is 1. The molecule has 5 nitrogen and oxygen atoms in total. The molecular weight excluding hydrogens is 386 g/mol. The summed E-state index contributed by atoms with van der Waals surface area (Å²) < 4.78 is 11.6. The molecule has 6 heteroatoms. The predicted molar refractivity (Wildman–Crippen MR) is 115 cm³/mol. The molecule has 0 bridgehead atoms. The fraction of sp³-hybridized carbons (Fsp3) is 0.174. The van der Waals surface area contributed by atoms with Crippen molar-refractivity contribution in [2.24, 2.45) is 0 Å². The molecule has 0 saturated carbocycles. The molecule has 2 N–H and O–H groups in total. The number of imidazole rings is 1. The van der Waals surface area contributed by atoms with Crippen LogP contribution in [0.25, 0.3) is 11.0 Å². The first kappa shape index (κ1) is 19.3. The lowest BCUT2D eigenvalue weighted by molar-refractivity contribution is 0.280. The van der Waals surface area contributed by atoms with E-state index in [9.17, 15) is 0 Å². The molecule has 0 unspecified atom stereocenters. The van der Waals surface area contributed by atoms with Crippen LogP contribution in [0, 0.1) is 0 Å². The van der Waals surface area contributed by atoms with Crippen molar-refractivity contribution in [2.75, 3.05) is 7.11 Å². The largest absolute Gasteiger partial charge is 0.493 e. The van der Waals surface area contributed by atoms with E-state index in [4.69, 9.17) is 21.1 Å². The third-order valence-corrected chi connectivity index (χ3v) is 5.03. The summed E-state index contributed by atoms with van der Waals surface area (Å²) >= 11 is 6.25. The van der Waals surface area contributed by atoms with Crippen LogP contribution in [-0.2, 0) is 19.7 Å². The number of nitrogens with zero attached hydrogens (tertiary/aromatic N) is 1. The highest BCUT2D eigenvalue weighted by Crippen LogP contribution is 2.32. The topological polar surface area (TPSA) is 59.2 Å². The Balaban J connectivity index is 1.45. The Morgan fingerprint density at radius 2 is 1.72 bits per heavy atom. The molecule has 4 aromatic rings. The molecule has 0 aliphatic carbocycles. The fourth-order valence-electron chi connectivity index (χ4n) is 3.20. The quantitative estimate of drug-likeness (QED) is 0.427. The normalized spacial score (nSPS) is 11.0. The maximum atomic E-state index is 6.25. The van der Waals surface area contributed by atoms with Gasteiger partial charge in [-0.15, -0.1) is 0 Å². The molecule has 0 amide bonds. The van der Waals surface area contributed by atoms with E-state index in [0.717, 1.165) is 28.0 Å². The van der Waals surface area contributed by atoms with Gasteiger partial charge in [0.05, 0.1) is 24.7 Å². The zero-order valence-corrected chi connectivity index (χ0v) is 16.9. The number of nitrogens with one attached hydrogen (secondary N) is 2. The van der Waals surface area contributed by atoms with Crippen LogP contribution in [-0.4, -0.2) is 17.1 Å². The van der Waals surface area contributed by atoms with Crippen LogP contribution in [0.15, 0.2) is 66.7 Å². The summed E-state index contributed by atoms with van der Waals surface area (Å²) in [5.41, 5.74) is 3.94. The van der Waals surface area contributed by atoms with Gasteiger partial charge in [-0.2, -0.15) is 0 Å². The van der Waals surface area contributed by atoms with Gasteiger partial charge in [-0.3, -0.25) is 0 Å². The third-order valence-electron chi connectivity index (χ3n) is 4.66. The number of para-hydroxylation sites is 3. The minimum atomic E-state index is 0.372. The molecule has 0 aliphatic heterocycles. The van der Waals surface area contributed by atoms with Gasteiger partial charge in [0.1, 0.15) is 12.4 Å². The number of aromatic amines is 1.